The summed E-state index contributed by atoms with van der Waals surface area (Å²) in [5.41, 5.74) is -0.371. The highest BCUT2D eigenvalue weighted by Crippen LogP contribution is 2.24. The van der Waals surface area contributed by atoms with Gasteiger partial charge in [-0.2, -0.15) is 0 Å². The number of aliphatic carboxylic acids is 2. The molecule has 5 heteroatoms. The lowest BCUT2D eigenvalue weighted by molar-refractivity contribution is -0.134. The van der Waals surface area contributed by atoms with Crippen molar-refractivity contribution in [2.45, 2.75) is 6.92 Å². The molecule has 74 valence electrons. The molecule has 0 saturated heterocycles. The van der Waals surface area contributed by atoms with Crippen molar-refractivity contribution in [3.8, 4) is 0 Å². The molecule has 0 aromatic heterocycles. The van der Waals surface area contributed by atoms with Crippen molar-refractivity contribution in [1.29, 1.82) is 0 Å². The third-order valence-corrected chi connectivity index (χ3v) is 2.02. The molecule has 1 rings (SSSR count). The Morgan fingerprint density at radius 2 is 1.50 bits per heavy atom. The van der Waals surface area contributed by atoms with Gasteiger partial charge in [0.05, 0.1) is 0 Å². The SMILES string of the molecule is CC1C(C(=O)O)=CC(=O)C=C1C(=O)O. The summed E-state index contributed by atoms with van der Waals surface area (Å²) < 4.78 is 0. The zero-order valence-corrected chi connectivity index (χ0v) is 7.35. The van der Waals surface area contributed by atoms with Crippen molar-refractivity contribution < 1.29 is 24.6 Å². The van der Waals surface area contributed by atoms with Crippen LogP contribution in [0.15, 0.2) is 23.3 Å². The maximum atomic E-state index is 11.0. The van der Waals surface area contributed by atoms with E-state index in [1.54, 1.807) is 0 Å². The summed E-state index contributed by atoms with van der Waals surface area (Å²) >= 11 is 0. The molecule has 0 heterocycles. The summed E-state index contributed by atoms with van der Waals surface area (Å²) in [4.78, 5) is 32.2. The standard InChI is InChI=1S/C9H8O5/c1-4-6(8(11)12)2-5(10)3-7(4)9(13)14/h2-4H,1H3,(H,11,12)(H,13,14). The first-order chi connectivity index (χ1) is 6.43. The number of carboxylic acids is 2. The topological polar surface area (TPSA) is 91.7 Å². The lowest BCUT2D eigenvalue weighted by Gasteiger charge is -2.16. The normalized spacial score (nSPS) is 17.4. The molecule has 0 spiro atoms. The van der Waals surface area contributed by atoms with Crippen molar-refractivity contribution in [1.82, 2.24) is 0 Å². The van der Waals surface area contributed by atoms with Crippen LogP contribution in [0, 0.1) is 5.92 Å². The molecule has 0 aromatic rings. The fraction of sp³-hybridized carbons (Fsp3) is 0.222. The van der Waals surface area contributed by atoms with Gasteiger partial charge < -0.3 is 10.2 Å². The van der Waals surface area contributed by atoms with Gasteiger partial charge >= 0.3 is 11.9 Å². The molecule has 0 radical (unpaired) electrons. The maximum Gasteiger partial charge on any atom is 0.332 e. The zero-order chi connectivity index (χ0) is 10.9. The number of hydrogen-bond donors (Lipinski definition) is 2. The first-order valence-corrected chi connectivity index (χ1v) is 3.87. The van der Waals surface area contributed by atoms with Gasteiger partial charge in [-0.1, -0.05) is 6.92 Å². The molecular weight excluding hydrogens is 188 g/mol. The highest BCUT2D eigenvalue weighted by Gasteiger charge is 2.28. The highest BCUT2D eigenvalue weighted by atomic mass is 16.4. The molecule has 0 aliphatic heterocycles. The summed E-state index contributed by atoms with van der Waals surface area (Å²) in [5, 5.41) is 17.4. The zero-order valence-electron chi connectivity index (χ0n) is 7.35. The molecule has 0 amide bonds. The van der Waals surface area contributed by atoms with E-state index in [-0.39, 0.29) is 11.1 Å². The average Bonchev–Trinajstić information content (AvgIpc) is 2.07. The van der Waals surface area contributed by atoms with Crippen molar-refractivity contribution in [2.75, 3.05) is 0 Å². The Balaban J connectivity index is 3.13. The number of carbonyl (C=O) groups excluding carboxylic acids is 1. The first kappa shape index (κ1) is 10.2. The Morgan fingerprint density at radius 3 is 1.79 bits per heavy atom. The van der Waals surface area contributed by atoms with E-state index in [1.807, 2.05) is 0 Å². The van der Waals surface area contributed by atoms with Crippen LogP contribution < -0.4 is 0 Å². The van der Waals surface area contributed by atoms with Crippen LogP contribution in [-0.2, 0) is 14.4 Å². The smallest absolute Gasteiger partial charge is 0.332 e. The minimum atomic E-state index is -1.27. The Hall–Kier alpha value is -1.91. The minimum absolute atomic E-state index is 0.185. The van der Waals surface area contributed by atoms with Gasteiger partial charge in [-0.25, -0.2) is 9.59 Å². The van der Waals surface area contributed by atoms with E-state index in [9.17, 15) is 14.4 Å². The van der Waals surface area contributed by atoms with Crippen molar-refractivity contribution in [3.05, 3.63) is 23.3 Å². The van der Waals surface area contributed by atoms with Crippen LogP contribution in [0.25, 0.3) is 0 Å². The Labute approximate surface area is 79.3 Å². The maximum absolute atomic E-state index is 11.0. The van der Waals surface area contributed by atoms with E-state index in [0.717, 1.165) is 12.2 Å². The lowest BCUT2D eigenvalue weighted by Crippen LogP contribution is -2.22. The van der Waals surface area contributed by atoms with Gasteiger partial charge in [0, 0.05) is 17.1 Å². The summed E-state index contributed by atoms with van der Waals surface area (Å²) in [5.74, 6) is -3.89. The predicted octanol–water partition coefficient (Wildman–Crippen LogP) is 0.227. The van der Waals surface area contributed by atoms with Gasteiger partial charge in [0.25, 0.3) is 0 Å². The van der Waals surface area contributed by atoms with E-state index >= 15 is 0 Å². The van der Waals surface area contributed by atoms with Gasteiger partial charge in [0.15, 0.2) is 5.78 Å². The van der Waals surface area contributed by atoms with Crippen LogP contribution in [-0.4, -0.2) is 27.9 Å². The first-order valence-electron chi connectivity index (χ1n) is 3.87. The van der Waals surface area contributed by atoms with Crippen molar-refractivity contribution in [2.24, 2.45) is 5.92 Å². The molecule has 0 aromatic carbocycles. The Morgan fingerprint density at radius 1 is 1.14 bits per heavy atom. The molecule has 0 atom stereocenters. The number of carboxylic acid groups (broad SMARTS) is 2. The number of carbonyl (C=O) groups is 3. The monoisotopic (exact) mass is 196 g/mol. The van der Waals surface area contributed by atoms with Crippen LogP contribution in [0.5, 0.6) is 0 Å². The second kappa shape index (κ2) is 3.45. The van der Waals surface area contributed by atoms with Crippen LogP contribution in [0.3, 0.4) is 0 Å². The number of allylic oxidation sites excluding steroid dienone is 2. The van der Waals surface area contributed by atoms with Crippen LogP contribution >= 0.6 is 0 Å². The van der Waals surface area contributed by atoms with E-state index in [1.165, 1.54) is 6.92 Å². The number of ketones is 1. The third kappa shape index (κ3) is 1.71. The molecule has 14 heavy (non-hydrogen) atoms. The molecule has 0 fully saturated rings. The summed E-state index contributed by atoms with van der Waals surface area (Å²) in [6.07, 6.45) is 1.89. The highest BCUT2D eigenvalue weighted by molar-refractivity contribution is 6.11. The molecule has 0 bridgehead atoms. The number of hydrogen-bond acceptors (Lipinski definition) is 3. The van der Waals surface area contributed by atoms with Crippen LogP contribution in [0.4, 0.5) is 0 Å². The minimum Gasteiger partial charge on any atom is -0.478 e. The molecule has 2 N–H and O–H groups in total. The molecule has 1 aliphatic carbocycles. The van der Waals surface area contributed by atoms with E-state index in [4.69, 9.17) is 10.2 Å². The van der Waals surface area contributed by atoms with Crippen LogP contribution in [0.1, 0.15) is 6.92 Å². The molecule has 1 aliphatic rings. The summed E-state index contributed by atoms with van der Waals surface area (Å²) in [7, 11) is 0. The quantitative estimate of drug-likeness (QED) is 0.659. The van der Waals surface area contributed by atoms with Crippen LogP contribution in [0.2, 0.25) is 0 Å². The van der Waals surface area contributed by atoms with Gasteiger partial charge in [0.2, 0.25) is 0 Å². The number of rotatable bonds is 2. The van der Waals surface area contributed by atoms with Gasteiger partial charge in [-0.05, 0) is 12.2 Å². The average molecular weight is 196 g/mol. The van der Waals surface area contributed by atoms with E-state index in [2.05, 4.69) is 0 Å². The molecule has 5 nitrogen and oxygen atoms in total. The van der Waals surface area contributed by atoms with Gasteiger partial charge in [0.1, 0.15) is 0 Å². The molecular formula is C9H8O5. The predicted molar refractivity (Wildman–Crippen MR) is 45.6 cm³/mol. The van der Waals surface area contributed by atoms with Crippen molar-refractivity contribution in [3.63, 3.8) is 0 Å². The van der Waals surface area contributed by atoms with Gasteiger partial charge in [-0.15, -0.1) is 0 Å². The Kier molecular flexibility index (Phi) is 2.51. The largest absolute Gasteiger partial charge is 0.478 e. The summed E-state index contributed by atoms with van der Waals surface area (Å²) in [6.45, 7) is 1.44. The molecule has 0 saturated carbocycles. The van der Waals surface area contributed by atoms with Crippen molar-refractivity contribution >= 4 is 17.7 Å². The lowest BCUT2D eigenvalue weighted by atomic mass is 9.87. The third-order valence-electron chi connectivity index (χ3n) is 2.02. The van der Waals surface area contributed by atoms with E-state index in [0.29, 0.717) is 0 Å². The fourth-order valence-electron chi connectivity index (χ4n) is 1.26. The fourth-order valence-corrected chi connectivity index (χ4v) is 1.26. The molecule has 0 unspecified atom stereocenters. The van der Waals surface area contributed by atoms with Gasteiger partial charge in [-0.3, -0.25) is 4.79 Å². The Bertz CT molecular complexity index is 341. The second-order valence-corrected chi connectivity index (χ2v) is 2.93. The van der Waals surface area contributed by atoms with E-state index < -0.39 is 23.6 Å². The second-order valence-electron chi connectivity index (χ2n) is 2.93. The summed E-state index contributed by atoms with van der Waals surface area (Å²) in [6, 6.07) is 0.